The Labute approximate surface area is 214 Å². The lowest BCUT2D eigenvalue weighted by molar-refractivity contribution is -0.659. The second-order valence-corrected chi connectivity index (χ2v) is 17.1. The molecule has 1 nitrogen and oxygen atoms in total. The first-order valence-corrected chi connectivity index (χ1v) is 17.5. The molecule has 3 fully saturated rings. The van der Waals surface area contributed by atoms with Gasteiger partial charge in [0.15, 0.2) is 6.20 Å². The molecular weight excluding hydrogens is 438 g/mol. The van der Waals surface area contributed by atoms with Crippen LogP contribution in [0.1, 0.15) is 99.2 Å². The first-order valence-electron chi connectivity index (χ1n) is 14.6. The van der Waals surface area contributed by atoms with E-state index in [-0.39, 0.29) is 0 Å². The van der Waals surface area contributed by atoms with E-state index >= 15 is 0 Å². The molecule has 2 heterocycles. The van der Waals surface area contributed by atoms with Crippen molar-refractivity contribution in [2.24, 2.45) is 7.05 Å². The second kappa shape index (κ2) is 9.50. The number of aryl methyl sites for hydroxylation is 1. The first kappa shape index (κ1) is 23.5. The van der Waals surface area contributed by atoms with E-state index in [1.807, 2.05) is 0 Å². The van der Waals surface area contributed by atoms with Crippen molar-refractivity contribution >= 4 is 24.0 Å². The molecule has 0 N–H and O–H groups in total. The quantitative estimate of drug-likeness (QED) is 0.259. The Hall–Kier alpha value is -1.93. The Balaban J connectivity index is 1.52. The van der Waals surface area contributed by atoms with Crippen molar-refractivity contribution < 1.29 is 4.57 Å². The van der Waals surface area contributed by atoms with E-state index in [0.717, 1.165) is 11.8 Å². The Morgan fingerprint density at radius 3 is 2.11 bits per heavy atom. The Morgan fingerprint density at radius 2 is 1.46 bits per heavy atom. The van der Waals surface area contributed by atoms with Crippen LogP contribution in [0.3, 0.4) is 0 Å². The van der Waals surface area contributed by atoms with Gasteiger partial charge in [-0.25, -0.2) is 4.57 Å². The zero-order valence-corrected chi connectivity index (χ0v) is 23.3. The van der Waals surface area contributed by atoms with Crippen LogP contribution in [0.25, 0.3) is 22.0 Å². The summed E-state index contributed by atoms with van der Waals surface area (Å²) in [5.74, 6) is 1.50. The van der Waals surface area contributed by atoms with Gasteiger partial charge in [-0.15, -0.1) is 0 Å². The van der Waals surface area contributed by atoms with Crippen LogP contribution in [0.2, 0.25) is 18.6 Å². The van der Waals surface area contributed by atoms with Gasteiger partial charge in [0.25, 0.3) is 0 Å². The van der Waals surface area contributed by atoms with Gasteiger partial charge in [-0.3, -0.25) is 0 Å². The molecule has 6 rings (SSSR count). The Kier molecular flexibility index (Phi) is 6.37. The van der Waals surface area contributed by atoms with Gasteiger partial charge in [0.05, 0.1) is 19.0 Å². The maximum Gasteiger partial charge on any atom is 0.220 e. The largest absolute Gasteiger partial charge is 0.220 e. The van der Waals surface area contributed by atoms with Crippen molar-refractivity contribution in [1.82, 2.24) is 0 Å². The minimum atomic E-state index is -1.18. The minimum Gasteiger partial charge on any atom is -0.200 e. The number of nitrogens with zero attached hydrogens (tertiary/aromatic N) is 1. The van der Waals surface area contributed by atoms with Crippen LogP contribution in [0.4, 0.5) is 0 Å². The third-order valence-electron chi connectivity index (χ3n) is 10.1. The zero-order chi connectivity index (χ0) is 24.0. The van der Waals surface area contributed by atoms with Crippen molar-refractivity contribution in [2.45, 2.75) is 108 Å². The fourth-order valence-electron chi connectivity index (χ4n) is 7.59. The predicted molar refractivity (Wildman–Crippen MR) is 152 cm³/mol. The molecule has 2 aromatic carbocycles. The SMILES string of the molecule is Cc1c(-c2c3ccc([Si]4(C)CCC4)cc3cc[n+]2C)cc(C2CCCCC2)cc1C1CCCCC1. The summed E-state index contributed by atoms with van der Waals surface area (Å²) in [5, 5.41) is 4.55. The van der Waals surface area contributed by atoms with E-state index < -0.39 is 8.07 Å². The number of aromatic nitrogens is 1. The molecule has 0 amide bonds. The van der Waals surface area contributed by atoms with E-state index in [1.165, 1.54) is 105 Å². The number of hydrogen-bond donors (Lipinski definition) is 0. The van der Waals surface area contributed by atoms with Crippen molar-refractivity contribution in [3.63, 3.8) is 0 Å². The van der Waals surface area contributed by atoms with Crippen LogP contribution in [0, 0.1) is 6.92 Å². The molecule has 3 aliphatic rings. The zero-order valence-electron chi connectivity index (χ0n) is 22.3. The van der Waals surface area contributed by atoms with Crippen LogP contribution >= 0.6 is 0 Å². The fraction of sp³-hybridized carbons (Fsp3) is 0.545. The molecule has 184 valence electrons. The average Bonchev–Trinajstić information content (AvgIpc) is 2.88. The van der Waals surface area contributed by atoms with Crippen molar-refractivity contribution in [2.75, 3.05) is 0 Å². The van der Waals surface area contributed by atoms with E-state index in [0.29, 0.717) is 0 Å². The molecule has 1 saturated heterocycles. The highest BCUT2D eigenvalue weighted by molar-refractivity contribution is 6.93. The molecule has 1 aromatic heterocycles. The molecule has 2 heteroatoms. The first-order chi connectivity index (χ1) is 17.0. The lowest BCUT2D eigenvalue weighted by Gasteiger charge is -2.36. The number of pyridine rings is 1. The lowest BCUT2D eigenvalue weighted by Crippen LogP contribution is -2.50. The van der Waals surface area contributed by atoms with Gasteiger partial charge in [-0.05, 0) is 78.7 Å². The molecule has 2 saturated carbocycles. The molecule has 2 aliphatic carbocycles. The van der Waals surface area contributed by atoms with Gasteiger partial charge >= 0.3 is 0 Å². The van der Waals surface area contributed by atoms with Gasteiger partial charge < -0.3 is 0 Å². The Morgan fingerprint density at radius 1 is 0.771 bits per heavy atom. The van der Waals surface area contributed by atoms with Crippen molar-refractivity contribution in [3.05, 3.63) is 59.3 Å². The summed E-state index contributed by atoms with van der Waals surface area (Å²) in [6.07, 6.45) is 17.7. The van der Waals surface area contributed by atoms with E-state index in [2.05, 4.69) is 67.7 Å². The maximum absolute atomic E-state index is 2.66. The summed E-state index contributed by atoms with van der Waals surface area (Å²) in [4.78, 5) is 0. The van der Waals surface area contributed by atoms with Crippen LogP contribution in [-0.2, 0) is 7.05 Å². The molecule has 35 heavy (non-hydrogen) atoms. The van der Waals surface area contributed by atoms with E-state index in [4.69, 9.17) is 0 Å². The molecule has 0 spiro atoms. The molecule has 0 bridgehead atoms. The summed E-state index contributed by atoms with van der Waals surface area (Å²) in [6, 6.07) is 18.1. The summed E-state index contributed by atoms with van der Waals surface area (Å²) in [7, 11) is 1.08. The van der Waals surface area contributed by atoms with Crippen molar-refractivity contribution in [3.8, 4) is 11.3 Å². The van der Waals surface area contributed by atoms with E-state index in [1.54, 1.807) is 21.9 Å². The summed E-state index contributed by atoms with van der Waals surface area (Å²) < 4.78 is 2.40. The standard InChI is InChI=1S/C33H44NSi/c1-24-31(26-13-8-5-9-14-26)22-28(25-11-6-4-7-12-25)23-32(24)33-30-16-15-29(35(3)19-10-20-35)21-27(30)17-18-34(33)2/h15-18,21-23,25-26H,4-14,19-20H2,1-3H3/q+1. The number of fused-ring (bicyclic) bond motifs is 1. The second-order valence-electron chi connectivity index (χ2n) is 12.4. The van der Waals surface area contributed by atoms with Crippen LogP contribution in [0.15, 0.2) is 42.6 Å². The van der Waals surface area contributed by atoms with Crippen LogP contribution in [0.5, 0.6) is 0 Å². The smallest absolute Gasteiger partial charge is 0.200 e. The minimum absolute atomic E-state index is 0.752. The predicted octanol–water partition coefficient (Wildman–Crippen LogP) is 8.42. The van der Waals surface area contributed by atoms with Gasteiger partial charge in [-0.2, -0.15) is 0 Å². The summed E-state index contributed by atoms with van der Waals surface area (Å²) in [5.41, 5.74) is 7.78. The Bertz CT molecular complexity index is 1230. The maximum atomic E-state index is 2.66. The average molecular weight is 483 g/mol. The molecule has 0 atom stereocenters. The van der Waals surface area contributed by atoms with Crippen LogP contribution < -0.4 is 9.75 Å². The fourth-order valence-corrected chi connectivity index (χ4v) is 10.6. The van der Waals surface area contributed by atoms with Gasteiger partial charge in [0.1, 0.15) is 7.05 Å². The highest BCUT2D eigenvalue weighted by Gasteiger charge is 2.36. The lowest BCUT2D eigenvalue weighted by atomic mass is 9.76. The van der Waals surface area contributed by atoms with Crippen molar-refractivity contribution in [1.29, 1.82) is 0 Å². The molecule has 0 unspecified atom stereocenters. The highest BCUT2D eigenvalue weighted by Crippen LogP contribution is 2.42. The van der Waals surface area contributed by atoms with Gasteiger partial charge in [0.2, 0.25) is 5.69 Å². The van der Waals surface area contributed by atoms with Crippen LogP contribution in [-0.4, -0.2) is 8.07 Å². The summed E-state index contributed by atoms with van der Waals surface area (Å²) >= 11 is 0. The summed E-state index contributed by atoms with van der Waals surface area (Å²) in [6.45, 7) is 5.02. The van der Waals surface area contributed by atoms with Gasteiger partial charge in [-0.1, -0.05) is 87.0 Å². The third-order valence-corrected chi connectivity index (χ3v) is 14.8. The molecule has 0 radical (unpaired) electrons. The molecule has 3 aromatic rings. The normalized spacial score (nSPS) is 21.2. The number of rotatable bonds is 4. The third kappa shape index (κ3) is 4.30. The highest BCUT2D eigenvalue weighted by atomic mass is 28.3. The number of hydrogen-bond acceptors (Lipinski definition) is 0. The van der Waals surface area contributed by atoms with E-state index in [9.17, 15) is 0 Å². The number of benzene rings is 2. The molecule has 1 aliphatic heterocycles. The van der Waals surface area contributed by atoms with Gasteiger partial charge in [0, 0.05) is 6.07 Å². The monoisotopic (exact) mass is 482 g/mol. The topological polar surface area (TPSA) is 3.88 Å². The molecular formula is C33H44NSi+.